The Labute approximate surface area is 172 Å². The lowest BCUT2D eigenvalue weighted by atomic mass is 9.44. The highest BCUT2D eigenvalue weighted by molar-refractivity contribution is 5.95. The van der Waals surface area contributed by atoms with Crippen LogP contribution in [0.3, 0.4) is 0 Å². The second-order valence-electron chi connectivity index (χ2n) is 10.9. The third kappa shape index (κ3) is 3.00. The maximum absolute atomic E-state index is 15.3. The topological polar surface area (TPSA) is 70.9 Å². The number of alkyl halides is 1. The van der Waals surface area contributed by atoms with Crippen LogP contribution in [0.25, 0.3) is 0 Å². The quantitative estimate of drug-likeness (QED) is 0.691. The molecule has 6 heteroatoms. The van der Waals surface area contributed by atoms with Crippen LogP contribution in [0.15, 0.2) is 5.16 Å². The first-order valence-electron chi connectivity index (χ1n) is 11.6. The summed E-state index contributed by atoms with van der Waals surface area (Å²) in [6.07, 6.45) is 4.74. The lowest BCUT2D eigenvalue weighted by molar-refractivity contribution is -0.154. The van der Waals surface area contributed by atoms with E-state index in [1.807, 2.05) is 0 Å². The van der Waals surface area contributed by atoms with Gasteiger partial charge < -0.3 is 15.3 Å². The van der Waals surface area contributed by atoms with Gasteiger partial charge in [-0.1, -0.05) is 19.0 Å². The first kappa shape index (κ1) is 19.9. The van der Waals surface area contributed by atoms with Gasteiger partial charge in [-0.3, -0.25) is 4.79 Å². The standard InChI is InChI=1S/C23H35FN2O3/c1-22-7-5-16-14(15(22)3-4-21(22)28)9-20(27)17-10-19(18(24)11-23(16,17)2)26-29-13-6-8-25-12-13/h13-18,21,25,28H,3-12H2,1-2H3/b26-19+/t13-,14-,15-,16-,17?,18+,21-,22-,23+/m0/s1. The minimum Gasteiger partial charge on any atom is -0.393 e. The van der Waals surface area contributed by atoms with Gasteiger partial charge in [-0.25, -0.2) is 4.39 Å². The number of hydrogen-bond donors (Lipinski definition) is 2. The molecule has 4 aliphatic carbocycles. The SMILES string of the molecule is C[C@]12CC[C@H]3[C@@H](CC(=O)C4C/C(=N\O[C@H]5CCNC5)[C@H](F)C[C@@]43C)[C@@H]1CC[C@@H]2O. The number of carbonyl (C=O) groups is 1. The van der Waals surface area contributed by atoms with Gasteiger partial charge in [0.15, 0.2) is 0 Å². The average molecular weight is 407 g/mol. The van der Waals surface area contributed by atoms with Crippen molar-refractivity contribution in [3.63, 3.8) is 0 Å². The summed E-state index contributed by atoms with van der Waals surface area (Å²) in [6, 6.07) is 0. The fourth-order valence-corrected chi connectivity index (χ4v) is 7.80. The van der Waals surface area contributed by atoms with Crippen molar-refractivity contribution in [3.05, 3.63) is 0 Å². The molecule has 5 fully saturated rings. The Kier molecular flexibility index (Phi) is 4.82. The van der Waals surface area contributed by atoms with E-state index in [-0.39, 0.29) is 34.7 Å². The molecule has 5 aliphatic rings. The zero-order valence-corrected chi connectivity index (χ0v) is 17.7. The van der Waals surface area contributed by atoms with Crippen molar-refractivity contribution in [3.8, 4) is 0 Å². The van der Waals surface area contributed by atoms with Crippen LogP contribution in [0.4, 0.5) is 4.39 Å². The van der Waals surface area contributed by atoms with E-state index >= 15 is 4.39 Å². The van der Waals surface area contributed by atoms with Crippen LogP contribution in [0.5, 0.6) is 0 Å². The molecule has 0 radical (unpaired) electrons. The van der Waals surface area contributed by atoms with Gasteiger partial charge in [0.25, 0.3) is 0 Å². The van der Waals surface area contributed by atoms with Crippen molar-refractivity contribution in [1.82, 2.24) is 5.32 Å². The molecule has 1 unspecified atom stereocenters. The van der Waals surface area contributed by atoms with E-state index in [0.717, 1.165) is 45.2 Å². The number of ketones is 1. The van der Waals surface area contributed by atoms with Crippen LogP contribution in [0, 0.1) is 34.5 Å². The highest BCUT2D eigenvalue weighted by atomic mass is 19.1. The second-order valence-corrected chi connectivity index (χ2v) is 10.9. The summed E-state index contributed by atoms with van der Waals surface area (Å²) in [5, 5.41) is 18.0. The predicted octanol–water partition coefficient (Wildman–Crippen LogP) is 3.25. The van der Waals surface area contributed by atoms with Gasteiger partial charge in [0, 0.05) is 31.7 Å². The number of rotatable bonds is 2. The van der Waals surface area contributed by atoms with Gasteiger partial charge in [0.2, 0.25) is 0 Å². The zero-order chi connectivity index (χ0) is 20.4. The van der Waals surface area contributed by atoms with Gasteiger partial charge in [-0.15, -0.1) is 0 Å². The third-order valence-corrected chi connectivity index (χ3v) is 9.58. The van der Waals surface area contributed by atoms with Crippen LogP contribution in [-0.4, -0.2) is 48.1 Å². The molecule has 1 saturated heterocycles. The molecular formula is C23H35FN2O3. The number of aliphatic hydroxyl groups is 1. The third-order valence-electron chi connectivity index (χ3n) is 9.58. The molecule has 5 rings (SSSR count). The van der Waals surface area contributed by atoms with Crippen molar-refractivity contribution in [1.29, 1.82) is 0 Å². The van der Waals surface area contributed by atoms with Gasteiger partial charge in [0.05, 0.1) is 11.8 Å². The van der Waals surface area contributed by atoms with E-state index in [1.165, 1.54) is 0 Å². The Morgan fingerprint density at radius 2 is 1.93 bits per heavy atom. The highest BCUT2D eigenvalue weighted by Crippen LogP contribution is 2.65. The summed E-state index contributed by atoms with van der Waals surface area (Å²) in [6.45, 7) is 6.03. The van der Waals surface area contributed by atoms with Gasteiger partial charge >= 0.3 is 0 Å². The molecule has 0 aromatic rings. The molecule has 0 bridgehead atoms. The summed E-state index contributed by atoms with van der Waals surface area (Å²) < 4.78 is 15.3. The smallest absolute Gasteiger partial charge is 0.142 e. The lowest BCUT2D eigenvalue weighted by Crippen LogP contribution is -2.58. The summed E-state index contributed by atoms with van der Waals surface area (Å²) in [4.78, 5) is 18.9. The van der Waals surface area contributed by atoms with Crippen LogP contribution in [0.1, 0.15) is 65.2 Å². The largest absolute Gasteiger partial charge is 0.393 e. The maximum atomic E-state index is 15.3. The monoisotopic (exact) mass is 406 g/mol. The molecule has 0 aromatic heterocycles. The van der Waals surface area contributed by atoms with Crippen molar-refractivity contribution >= 4 is 11.5 Å². The number of hydrogen-bond acceptors (Lipinski definition) is 5. The van der Waals surface area contributed by atoms with Crippen molar-refractivity contribution in [2.24, 2.45) is 39.7 Å². The van der Waals surface area contributed by atoms with E-state index in [4.69, 9.17) is 4.84 Å². The molecule has 1 aliphatic heterocycles. The Balaban J connectivity index is 1.38. The van der Waals surface area contributed by atoms with E-state index in [0.29, 0.717) is 42.7 Å². The van der Waals surface area contributed by atoms with Gasteiger partial charge in [0.1, 0.15) is 18.1 Å². The molecule has 4 saturated carbocycles. The first-order valence-corrected chi connectivity index (χ1v) is 11.6. The molecular weight excluding hydrogens is 371 g/mol. The number of fused-ring (bicyclic) bond motifs is 5. The van der Waals surface area contributed by atoms with Crippen molar-refractivity contribution in [2.75, 3.05) is 13.1 Å². The molecule has 9 atom stereocenters. The van der Waals surface area contributed by atoms with E-state index in [9.17, 15) is 9.90 Å². The fraction of sp³-hybridized carbons (Fsp3) is 0.913. The van der Waals surface area contributed by atoms with Crippen LogP contribution in [-0.2, 0) is 9.63 Å². The molecule has 5 nitrogen and oxygen atoms in total. The Hall–Kier alpha value is -1.01. The Morgan fingerprint density at radius 1 is 1.14 bits per heavy atom. The number of aliphatic hydroxyl groups excluding tert-OH is 1. The number of halogens is 1. The zero-order valence-electron chi connectivity index (χ0n) is 17.7. The number of nitrogens with one attached hydrogen (secondary N) is 1. The molecule has 0 spiro atoms. The average Bonchev–Trinajstić information content (AvgIpc) is 3.29. The first-order chi connectivity index (χ1) is 13.8. The molecule has 2 N–H and O–H groups in total. The number of carbonyl (C=O) groups excluding carboxylic acids is 1. The molecule has 0 aromatic carbocycles. The normalized spacial score (nSPS) is 53.4. The van der Waals surface area contributed by atoms with E-state index < -0.39 is 6.17 Å². The summed E-state index contributed by atoms with van der Waals surface area (Å²) in [7, 11) is 0. The van der Waals surface area contributed by atoms with Gasteiger partial charge in [-0.05, 0) is 67.2 Å². The number of Topliss-reactive ketones (excluding diaryl/α,β-unsaturated/α-hetero) is 1. The second kappa shape index (κ2) is 7.01. The molecule has 162 valence electrons. The molecule has 29 heavy (non-hydrogen) atoms. The van der Waals surface area contributed by atoms with Gasteiger partial charge in [-0.2, -0.15) is 0 Å². The highest BCUT2D eigenvalue weighted by Gasteiger charge is 2.63. The molecule has 1 heterocycles. The van der Waals surface area contributed by atoms with Crippen LogP contribution in [0.2, 0.25) is 0 Å². The van der Waals surface area contributed by atoms with Crippen LogP contribution >= 0.6 is 0 Å². The lowest BCUT2D eigenvalue weighted by Gasteiger charge is -2.59. The van der Waals surface area contributed by atoms with Crippen molar-refractivity contribution in [2.45, 2.75) is 83.6 Å². The summed E-state index contributed by atoms with van der Waals surface area (Å²) in [5.41, 5.74) is 0.0648. The minimum absolute atomic E-state index is 0.0132. The predicted molar refractivity (Wildman–Crippen MR) is 108 cm³/mol. The van der Waals surface area contributed by atoms with E-state index in [2.05, 4.69) is 24.3 Å². The van der Waals surface area contributed by atoms with E-state index in [1.54, 1.807) is 0 Å². The molecule has 0 amide bonds. The Morgan fingerprint density at radius 3 is 2.69 bits per heavy atom. The van der Waals surface area contributed by atoms with Crippen molar-refractivity contribution < 1.29 is 19.1 Å². The summed E-state index contributed by atoms with van der Waals surface area (Å²) in [5.74, 6) is 1.20. The van der Waals surface area contributed by atoms with Crippen LogP contribution < -0.4 is 5.32 Å². The Bertz CT molecular complexity index is 708. The number of nitrogens with zero attached hydrogens (tertiary/aromatic N) is 1. The minimum atomic E-state index is -1.13. The number of oxime groups is 1. The fourth-order valence-electron chi connectivity index (χ4n) is 7.80. The summed E-state index contributed by atoms with van der Waals surface area (Å²) >= 11 is 0. The maximum Gasteiger partial charge on any atom is 0.142 e.